The number of fused-ring (bicyclic) bond motifs is 1. The SMILES string of the molecule is Cc1nc(CN2CCn3cccc3C2=O)cs1. The van der Waals surface area contributed by atoms with Crippen LogP contribution in [0, 0.1) is 6.92 Å². The van der Waals surface area contributed by atoms with E-state index in [2.05, 4.69) is 4.98 Å². The number of rotatable bonds is 2. The van der Waals surface area contributed by atoms with Gasteiger partial charge in [-0.3, -0.25) is 4.79 Å². The average Bonchev–Trinajstić information content (AvgIpc) is 2.92. The van der Waals surface area contributed by atoms with Gasteiger partial charge in [0.25, 0.3) is 5.91 Å². The van der Waals surface area contributed by atoms with Crippen LogP contribution in [0.25, 0.3) is 0 Å². The van der Waals surface area contributed by atoms with E-state index >= 15 is 0 Å². The molecule has 1 aliphatic heterocycles. The Labute approximate surface area is 104 Å². The van der Waals surface area contributed by atoms with Crippen LogP contribution >= 0.6 is 11.3 Å². The molecule has 0 aliphatic carbocycles. The van der Waals surface area contributed by atoms with Crippen LogP contribution in [0.5, 0.6) is 0 Å². The van der Waals surface area contributed by atoms with Gasteiger partial charge in [-0.1, -0.05) is 0 Å². The van der Waals surface area contributed by atoms with Crippen LogP contribution in [0.4, 0.5) is 0 Å². The first kappa shape index (κ1) is 10.5. The maximum absolute atomic E-state index is 12.2. The first-order valence-corrected chi connectivity index (χ1v) is 6.47. The third kappa shape index (κ3) is 1.86. The van der Waals surface area contributed by atoms with E-state index in [9.17, 15) is 4.79 Å². The number of carbonyl (C=O) groups is 1. The molecule has 4 nitrogen and oxygen atoms in total. The summed E-state index contributed by atoms with van der Waals surface area (Å²) in [5.41, 5.74) is 1.77. The number of amides is 1. The molecule has 0 saturated carbocycles. The number of thiazole rings is 1. The van der Waals surface area contributed by atoms with Gasteiger partial charge in [0.15, 0.2) is 0 Å². The van der Waals surface area contributed by atoms with Crippen molar-refractivity contribution in [3.8, 4) is 0 Å². The lowest BCUT2D eigenvalue weighted by atomic mass is 10.2. The second-order valence-corrected chi connectivity index (χ2v) is 5.23. The second kappa shape index (κ2) is 4.00. The van der Waals surface area contributed by atoms with Gasteiger partial charge in [0.05, 0.1) is 17.2 Å². The van der Waals surface area contributed by atoms with Gasteiger partial charge in [-0.2, -0.15) is 0 Å². The smallest absolute Gasteiger partial charge is 0.270 e. The van der Waals surface area contributed by atoms with Crippen molar-refractivity contribution in [2.24, 2.45) is 0 Å². The van der Waals surface area contributed by atoms with Gasteiger partial charge in [0, 0.05) is 24.7 Å². The van der Waals surface area contributed by atoms with Crippen LogP contribution in [0.15, 0.2) is 23.7 Å². The highest BCUT2D eigenvalue weighted by atomic mass is 32.1. The van der Waals surface area contributed by atoms with Gasteiger partial charge in [0.2, 0.25) is 0 Å². The van der Waals surface area contributed by atoms with E-state index in [4.69, 9.17) is 0 Å². The van der Waals surface area contributed by atoms with Crippen molar-refractivity contribution in [2.75, 3.05) is 6.54 Å². The summed E-state index contributed by atoms with van der Waals surface area (Å²) >= 11 is 1.63. The number of carbonyl (C=O) groups excluding carboxylic acids is 1. The van der Waals surface area contributed by atoms with Crippen LogP contribution < -0.4 is 0 Å². The lowest BCUT2D eigenvalue weighted by Gasteiger charge is -2.27. The summed E-state index contributed by atoms with van der Waals surface area (Å²) in [6.07, 6.45) is 1.96. The summed E-state index contributed by atoms with van der Waals surface area (Å²) in [5.74, 6) is 0.104. The fourth-order valence-corrected chi connectivity index (χ4v) is 2.73. The van der Waals surface area contributed by atoms with E-state index < -0.39 is 0 Å². The third-order valence-electron chi connectivity index (χ3n) is 2.97. The van der Waals surface area contributed by atoms with Gasteiger partial charge >= 0.3 is 0 Å². The molecule has 5 heteroatoms. The lowest BCUT2D eigenvalue weighted by Crippen LogP contribution is -2.39. The fraction of sp³-hybridized carbons (Fsp3) is 0.333. The van der Waals surface area contributed by atoms with E-state index in [1.807, 2.05) is 40.1 Å². The Balaban J connectivity index is 1.80. The number of hydrogen-bond acceptors (Lipinski definition) is 3. The van der Waals surface area contributed by atoms with Crippen LogP contribution in [0.1, 0.15) is 21.2 Å². The van der Waals surface area contributed by atoms with Gasteiger partial charge in [0.1, 0.15) is 5.69 Å². The van der Waals surface area contributed by atoms with E-state index in [-0.39, 0.29) is 5.91 Å². The van der Waals surface area contributed by atoms with Crippen molar-refractivity contribution >= 4 is 17.2 Å². The van der Waals surface area contributed by atoms with Crippen LogP contribution in [0.3, 0.4) is 0 Å². The Morgan fingerprint density at radius 3 is 3.12 bits per heavy atom. The maximum atomic E-state index is 12.2. The molecule has 3 rings (SSSR count). The second-order valence-electron chi connectivity index (χ2n) is 4.17. The van der Waals surface area contributed by atoms with Gasteiger partial charge in [-0.25, -0.2) is 4.98 Å². The Morgan fingerprint density at radius 1 is 1.47 bits per heavy atom. The fourth-order valence-electron chi connectivity index (χ4n) is 2.12. The average molecular weight is 247 g/mol. The van der Waals surface area contributed by atoms with Crippen molar-refractivity contribution in [2.45, 2.75) is 20.0 Å². The summed E-state index contributed by atoms with van der Waals surface area (Å²) < 4.78 is 2.01. The summed E-state index contributed by atoms with van der Waals surface area (Å²) in [4.78, 5) is 18.4. The molecule has 0 radical (unpaired) electrons. The normalized spacial score (nSPS) is 15.1. The van der Waals surface area contributed by atoms with Gasteiger partial charge in [-0.05, 0) is 19.1 Å². The molecule has 1 amide bonds. The molecule has 0 aromatic carbocycles. The zero-order valence-electron chi connectivity index (χ0n) is 9.59. The first-order valence-electron chi connectivity index (χ1n) is 5.59. The number of hydrogen-bond donors (Lipinski definition) is 0. The van der Waals surface area contributed by atoms with E-state index in [0.717, 1.165) is 29.5 Å². The molecule has 0 N–H and O–H groups in total. The number of aryl methyl sites for hydroxylation is 1. The lowest BCUT2D eigenvalue weighted by molar-refractivity contribution is 0.0689. The molecule has 0 saturated heterocycles. The van der Waals surface area contributed by atoms with E-state index in [1.54, 1.807) is 11.3 Å². The molecular formula is C12H13N3OS. The molecule has 88 valence electrons. The first-order chi connectivity index (χ1) is 8.24. The quantitative estimate of drug-likeness (QED) is 0.813. The summed E-state index contributed by atoms with van der Waals surface area (Å²) in [6, 6.07) is 3.80. The van der Waals surface area contributed by atoms with Crippen molar-refractivity contribution in [1.82, 2.24) is 14.5 Å². The molecule has 3 heterocycles. The molecule has 1 aliphatic rings. The largest absolute Gasteiger partial charge is 0.342 e. The molecular weight excluding hydrogens is 234 g/mol. The molecule has 0 spiro atoms. The minimum atomic E-state index is 0.104. The molecule has 0 bridgehead atoms. The minimum Gasteiger partial charge on any atom is -0.342 e. The Bertz CT molecular complexity index is 558. The van der Waals surface area contributed by atoms with Crippen molar-refractivity contribution in [3.05, 3.63) is 40.1 Å². The predicted octanol–water partition coefficient (Wildman–Crippen LogP) is 1.91. The highest BCUT2D eigenvalue weighted by Crippen LogP contribution is 2.17. The highest BCUT2D eigenvalue weighted by molar-refractivity contribution is 7.09. The van der Waals surface area contributed by atoms with Crippen LogP contribution in [-0.2, 0) is 13.1 Å². The molecule has 17 heavy (non-hydrogen) atoms. The maximum Gasteiger partial charge on any atom is 0.270 e. The topological polar surface area (TPSA) is 38.1 Å². The van der Waals surface area contributed by atoms with Crippen molar-refractivity contribution in [3.63, 3.8) is 0 Å². The molecule has 0 fully saturated rings. The third-order valence-corrected chi connectivity index (χ3v) is 3.79. The van der Waals surface area contributed by atoms with E-state index in [1.165, 1.54) is 0 Å². The summed E-state index contributed by atoms with van der Waals surface area (Å²) in [6.45, 7) is 4.24. The van der Waals surface area contributed by atoms with Crippen molar-refractivity contribution in [1.29, 1.82) is 0 Å². The number of aromatic nitrogens is 2. The molecule has 0 unspecified atom stereocenters. The van der Waals surface area contributed by atoms with Crippen molar-refractivity contribution < 1.29 is 4.79 Å². The Kier molecular flexibility index (Phi) is 2.48. The van der Waals surface area contributed by atoms with Gasteiger partial charge in [-0.15, -0.1) is 11.3 Å². The predicted molar refractivity (Wildman–Crippen MR) is 66.0 cm³/mol. The Hall–Kier alpha value is -1.62. The monoisotopic (exact) mass is 247 g/mol. The zero-order valence-corrected chi connectivity index (χ0v) is 10.4. The Morgan fingerprint density at radius 2 is 2.35 bits per heavy atom. The molecule has 2 aromatic heterocycles. The van der Waals surface area contributed by atoms with Crippen LogP contribution in [0.2, 0.25) is 0 Å². The summed E-state index contributed by atoms with van der Waals surface area (Å²) in [7, 11) is 0. The number of nitrogens with zero attached hydrogens (tertiary/aromatic N) is 3. The van der Waals surface area contributed by atoms with Gasteiger partial charge < -0.3 is 9.47 Å². The van der Waals surface area contributed by atoms with Crippen LogP contribution in [-0.4, -0.2) is 26.9 Å². The van der Waals surface area contributed by atoms with E-state index in [0.29, 0.717) is 6.54 Å². The minimum absolute atomic E-state index is 0.104. The molecule has 2 aromatic rings. The standard InChI is InChI=1S/C12H13N3OS/c1-9-13-10(8-17-9)7-15-6-5-14-4-2-3-11(14)12(15)16/h2-4,8H,5-7H2,1H3. The molecule has 0 atom stereocenters. The highest BCUT2D eigenvalue weighted by Gasteiger charge is 2.24. The zero-order chi connectivity index (χ0) is 11.8. The summed E-state index contributed by atoms with van der Waals surface area (Å²) in [5, 5.41) is 3.07.